The number of esters is 1. The van der Waals surface area contributed by atoms with Crippen LogP contribution in [-0.2, 0) is 14.3 Å². The Bertz CT molecular complexity index is 181. The van der Waals surface area contributed by atoms with Gasteiger partial charge in [-0.2, -0.15) is 0 Å². The van der Waals surface area contributed by atoms with E-state index in [1.165, 1.54) is 7.11 Å². The van der Waals surface area contributed by atoms with E-state index in [2.05, 4.69) is 4.74 Å². The Morgan fingerprint density at radius 3 is 2.33 bits per heavy atom. The third-order valence-electron chi connectivity index (χ3n) is 1.94. The van der Waals surface area contributed by atoms with Crippen molar-refractivity contribution in [2.45, 2.75) is 31.3 Å². The maximum Gasteiger partial charge on any atom is 0.337 e. The molecule has 0 aromatic heterocycles. The van der Waals surface area contributed by atoms with Crippen LogP contribution in [0.3, 0.4) is 0 Å². The summed E-state index contributed by atoms with van der Waals surface area (Å²) < 4.78 is 9.33. The number of aliphatic hydroxyl groups is 2. The Balaban J connectivity index is 2.64. The molecule has 1 aliphatic heterocycles. The molecule has 0 aliphatic carbocycles. The van der Waals surface area contributed by atoms with Gasteiger partial charge in [-0.15, -0.1) is 0 Å². The SMILES string of the molecule is COC(=O)[C@H]1O[C@@H](C)C(O)[C@H]1O. The summed E-state index contributed by atoms with van der Waals surface area (Å²) in [7, 11) is 1.20. The van der Waals surface area contributed by atoms with Gasteiger partial charge in [0.05, 0.1) is 13.2 Å². The summed E-state index contributed by atoms with van der Waals surface area (Å²) in [6, 6.07) is 0. The van der Waals surface area contributed by atoms with E-state index in [4.69, 9.17) is 4.74 Å². The van der Waals surface area contributed by atoms with Gasteiger partial charge in [-0.25, -0.2) is 4.79 Å². The topological polar surface area (TPSA) is 76.0 Å². The number of hydrogen-bond donors (Lipinski definition) is 2. The van der Waals surface area contributed by atoms with Gasteiger partial charge in [0.1, 0.15) is 12.2 Å². The number of aliphatic hydroxyl groups excluding tert-OH is 2. The highest BCUT2D eigenvalue weighted by atomic mass is 16.6. The summed E-state index contributed by atoms with van der Waals surface area (Å²) >= 11 is 0. The third kappa shape index (κ3) is 1.43. The lowest BCUT2D eigenvalue weighted by molar-refractivity contribution is -0.156. The molecule has 0 aromatic rings. The first-order valence-corrected chi connectivity index (χ1v) is 3.67. The zero-order valence-electron chi connectivity index (χ0n) is 6.93. The third-order valence-corrected chi connectivity index (χ3v) is 1.94. The molecule has 5 heteroatoms. The lowest BCUT2D eigenvalue weighted by Gasteiger charge is -2.11. The van der Waals surface area contributed by atoms with Crippen molar-refractivity contribution in [3.8, 4) is 0 Å². The van der Waals surface area contributed by atoms with Crippen LogP contribution in [0.5, 0.6) is 0 Å². The van der Waals surface area contributed by atoms with Crippen LogP contribution in [0.15, 0.2) is 0 Å². The van der Waals surface area contributed by atoms with Gasteiger partial charge in [-0.05, 0) is 6.92 Å². The maximum atomic E-state index is 10.9. The van der Waals surface area contributed by atoms with E-state index >= 15 is 0 Å². The molecular formula is C7H12O5. The molecule has 0 aromatic carbocycles. The van der Waals surface area contributed by atoms with Crippen molar-refractivity contribution < 1.29 is 24.5 Å². The minimum absolute atomic E-state index is 0.538. The van der Waals surface area contributed by atoms with Gasteiger partial charge >= 0.3 is 5.97 Å². The highest BCUT2D eigenvalue weighted by molar-refractivity contribution is 5.75. The first-order valence-electron chi connectivity index (χ1n) is 3.67. The monoisotopic (exact) mass is 176 g/mol. The van der Waals surface area contributed by atoms with E-state index in [9.17, 15) is 15.0 Å². The van der Waals surface area contributed by atoms with Crippen molar-refractivity contribution in [2.24, 2.45) is 0 Å². The van der Waals surface area contributed by atoms with Crippen LogP contribution in [0.2, 0.25) is 0 Å². The number of methoxy groups -OCH3 is 1. The van der Waals surface area contributed by atoms with Gasteiger partial charge in [0.2, 0.25) is 0 Å². The van der Waals surface area contributed by atoms with Crippen molar-refractivity contribution in [3.63, 3.8) is 0 Å². The molecule has 0 bridgehead atoms. The molecule has 1 saturated heterocycles. The molecule has 1 unspecified atom stereocenters. The molecule has 2 N–H and O–H groups in total. The van der Waals surface area contributed by atoms with Gasteiger partial charge in [0.25, 0.3) is 0 Å². The Morgan fingerprint density at radius 1 is 1.42 bits per heavy atom. The molecule has 1 aliphatic rings. The first-order chi connectivity index (χ1) is 5.57. The highest BCUT2D eigenvalue weighted by Gasteiger charge is 2.44. The van der Waals surface area contributed by atoms with Gasteiger partial charge in [0.15, 0.2) is 6.10 Å². The van der Waals surface area contributed by atoms with Crippen LogP contribution in [0.4, 0.5) is 0 Å². The number of carbonyl (C=O) groups is 1. The number of rotatable bonds is 1. The van der Waals surface area contributed by atoms with Crippen LogP contribution < -0.4 is 0 Å². The molecule has 1 rings (SSSR count). The minimum Gasteiger partial charge on any atom is -0.467 e. The second kappa shape index (κ2) is 3.38. The fourth-order valence-corrected chi connectivity index (χ4v) is 1.16. The smallest absolute Gasteiger partial charge is 0.337 e. The Hall–Kier alpha value is -0.650. The van der Waals surface area contributed by atoms with Crippen LogP contribution in [0, 0.1) is 0 Å². The largest absolute Gasteiger partial charge is 0.467 e. The second-order valence-electron chi connectivity index (χ2n) is 2.77. The molecule has 4 atom stereocenters. The van der Waals surface area contributed by atoms with E-state index in [-0.39, 0.29) is 0 Å². The van der Waals surface area contributed by atoms with E-state index in [1.807, 2.05) is 0 Å². The van der Waals surface area contributed by atoms with Crippen LogP contribution in [0.1, 0.15) is 6.92 Å². The van der Waals surface area contributed by atoms with Crippen molar-refractivity contribution in [2.75, 3.05) is 7.11 Å². The van der Waals surface area contributed by atoms with E-state index in [0.29, 0.717) is 0 Å². The van der Waals surface area contributed by atoms with Crippen LogP contribution >= 0.6 is 0 Å². The number of hydrogen-bond acceptors (Lipinski definition) is 5. The van der Waals surface area contributed by atoms with Crippen molar-refractivity contribution in [1.29, 1.82) is 0 Å². The standard InChI is InChI=1S/C7H12O5/c1-3-4(8)5(9)6(12-3)7(10)11-2/h3-6,8-9H,1-2H3/t3-,4?,5+,6-/m0/s1. The fraction of sp³-hybridized carbons (Fsp3) is 0.857. The zero-order valence-corrected chi connectivity index (χ0v) is 6.93. The second-order valence-corrected chi connectivity index (χ2v) is 2.77. The summed E-state index contributed by atoms with van der Waals surface area (Å²) in [6.07, 6.45) is -3.80. The highest BCUT2D eigenvalue weighted by Crippen LogP contribution is 2.21. The molecule has 0 spiro atoms. The summed E-state index contributed by atoms with van der Waals surface area (Å²) in [5.41, 5.74) is 0. The van der Waals surface area contributed by atoms with E-state index < -0.39 is 30.4 Å². The first kappa shape index (κ1) is 9.44. The quantitative estimate of drug-likeness (QED) is 0.484. The molecule has 0 radical (unpaired) electrons. The molecule has 70 valence electrons. The molecule has 5 nitrogen and oxygen atoms in total. The average molecular weight is 176 g/mol. The Labute approximate surface area is 69.9 Å². The molecule has 0 saturated carbocycles. The zero-order chi connectivity index (χ0) is 9.30. The lowest BCUT2D eigenvalue weighted by Crippen LogP contribution is -2.36. The minimum atomic E-state index is -1.19. The van der Waals surface area contributed by atoms with E-state index in [1.54, 1.807) is 6.92 Å². The average Bonchev–Trinajstić information content (AvgIpc) is 2.32. The van der Waals surface area contributed by atoms with Crippen molar-refractivity contribution in [3.05, 3.63) is 0 Å². The Morgan fingerprint density at radius 2 is 2.00 bits per heavy atom. The molecule has 1 fully saturated rings. The van der Waals surface area contributed by atoms with Gasteiger partial charge in [-0.1, -0.05) is 0 Å². The predicted octanol–water partition coefficient (Wildman–Crippen LogP) is -1.33. The van der Waals surface area contributed by atoms with Crippen LogP contribution in [0.25, 0.3) is 0 Å². The van der Waals surface area contributed by atoms with Gasteiger partial charge in [0, 0.05) is 0 Å². The molecular weight excluding hydrogens is 164 g/mol. The van der Waals surface area contributed by atoms with Crippen LogP contribution in [-0.4, -0.2) is 47.7 Å². The molecule has 0 amide bonds. The molecule has 12 heavy (non-hydrogen) atoms. The number of carbonyl (C=O) groups excluding carboxylic acids is 1. The Kier molecular flexibility index (Phi) is 2.66. The van der Waals surface area contributed by atoms with Crippen molar-refractivity contribution in [1.82, 2.24) is 0 Å². The summed E-state index contributed by atoms with van der Waals surface area (Å²) in [6.45, 7) is 1.58. The normalized spacial score (nSPS) is 41.3. The van der Waals surface area contributed by atoms with Crippen molar-refractivity contribution >= 4 is 5.97 Å². The van der Waals surface area contributed by atoms with E-state index in [0.717, 1.165) is 0 Å². The predicted molar refractivity (Wildman–Crippen MR) is 38.4 cm³/mol. The molecule has 1 heterocycles. The summed E-state index contributed by atoms with van der Waals surface area (Å²) in [4.78, 5) is 10.9. The fourth-order valence-electron chi connectivity index (χ4n) is 1.16. The maximum absolute atomic E-state index is 10.9. The number of ether oxygens (including phenoxy) is 2. The summed E-state index contributed by atoms with van der Waals surface area (Å²) in [5.74, 6) is -0.661. The van der Waals surface area contributed by atoms with Gasteiger partial charge in [-0.3, -0.25) is 0 Å². The van der Waals surface area contributed by atoms with Gasteiger partial charge < -0.3 is 19.7 Å². The summed E-state index contributed by atoms with van der Waals surface area (Å²) in [5, 5.41) is 18.5. The lowest BCUT2D eigenvalue weighted by atomic mass is 10.1.